The fourth-order valence-corrected chi connectivity index (χ4v) is 3.36. The largest absolute Gasteiger partial charge is 0.324 e. The van der Waals surface area contributed by atoms with Crippen molar-refractivity contribution in [2.24, 2.45) is 0 Å². The van der Waals surface area contributed by atoms with Crippen LogP contribution in [0.1, 0.15) is 17.0 Å². The Kier molecular flexibility index (Phi) is 3.92. The van der Waals surface area contributed by atoms with Gasteiger partial charge in [-0.3, -0.25) is 9.78 Å². The first kappa shape index (κ1) is 15.1. The molecule has 0 spiro atoms. The number of rotatable bonds is 2. The fraction of sp³-hybridized carbons (Fsp3) is 0.158. The average Bonchev–Trinajstić information content (AvgIpc) is 2.61. The van der Waals surface area contributed by atoms with Crippen LogP contribution in [0.3, 0.4) is 0 Å². The summed E-state index contributed by atoms with van der Waals surface area (Å²) in [5, 5.41) is 8.96. The Morgan fingerprint density at radius 2 is 2.08 bits per heavy atom. The molecule has 0 radical (unpaired) electrons. The number of fused-ring (bicyclic) bond motifs is 2. The molecule has 1 aliphatic heterocycles. The van der Waals surface area contributed by atoms with Crippen LogP contribution < -0.4 is 10.6 Å². The van der Waals surface area contributed by atoms with E-state index in [0.29, 0.717) is 11.6 Å². The van der Waals surface area contributed by atoms with Gasteiger partial charge in [-0.1, -0.05) is 41.9 Å². The highest BCUT2D eigenvalue weighted by molar-refractivity contribution is 6.30. The minimum absolute atomic E-state index is 0.0520. The van der Waals surface area contributed by atoms with E-state index in [1.807, 2.05) is 42.5 Å². The van der Waals surface area contributed by atoms with Crippen molar-refractivity contribution >= 4 is 34.0 Å². The van der Waals surface area contributed by atoms with Crippen LogP contribution in [0.4, 0.5) is 5.69 Å². The molecule has 0 saturated heterocycles. The standard InChI is InChI=1S/C19H16ClN3O/c20-14-6-5-13-9-21-10-17(16(13)7-14)19(24)23-18-11-22-8-12-3-1-2-4-15(12)18/h1-8,11,17,21H,9-10H2,(H,23,24). The Morgan fingerprint density at radius 1 is 1.21 bits per heavy atom. The molecule has 0 fully saturated rings. The normalized spacial score (nSPS) is 16.6. The second-order valence-electron chi connectivity index (χ2n) is 5.92. The van der Waals surface area contributed by atoms with Crippen molar-refractivity contribution in [3.05, 3.63) is 71.0 Å². The van der Waals surface area contributed by atoms with Crippen LogP contribution in [0.25, 0.3) is 10.8 Å². The van der Waals surface area contributed by atoms with Crippen molar-refractivity contribution in [3.63, 3.8) is 0 Å². The van der Waals surface area contributed by atoms with Crippen LogP contribution in [-0.4, -0.2) is 17.4 Å². The molecule has 2 heterocycles. The molecule has 0 aliphatic carbocycles. The minimum atomic E-state index is -0.272. The van der Waals surface area contributed by atoms with Crippen molar-refractivity contribution in [2.45, 2.75) is 12.5 Å². The van der Waals surface area contributed by atoms with E-state index >= 15 is 0 Å². The van der Waals surface area contributed by atoms with E-state index in [9.17, 15) is 4.79 Å². The number of carbonyl (C=O) groups is 1. The van der Waals surface area contributed by atoms with Gasteiger partial charge in [0, 0.05) is 35.1 Å². The van der Waals surface area contributed by atoms with Gasteiger partial charge in [-0.25, -0.2) is 0 Å². The smallest absolute Gasteiger partial charge is 0.233 e. The van der Waals surface area contributed by atoms with Crippen LogP contribution in [0.2, 0.25) is 5.02 Å². The SMILES string of the molecule is O=C(Nc1cncc2ccccc12)C1CNCc2ccc(Cl)cc21. The number of anilines is 1. The highest BCUT2D eigenvalue weighted by atomic mass is 35.5. The van der Waals surface area contributed by atoms with Gasteiger partial charge in [0.05, 0.1) is 17.8 Å². The van der Waals surface area contributed by atoms with E-state index in [4.69, 9.17) is 11.6 Å². The molecule has 0 bridgehead atoms. The second kappa shape index (κ2) is 6.23. The number of nitrogens with zero attached hydrogens (tertiary/aromatic N) is 1. The van der Waals surface area contributed by atoms with Gasteiger partial charge in [0.1, 0.15) is 0 Å². The quantitative estimate of drug-likeness (QED) is 0.749. The Morgan fingerprint density at radius 3 is 3.00 bits per heavy atom. The molecule has 1 atom stereocenters. The maximum Gasteiger partial charge on any atom is 0.233 e. The van der Waals surface area contributed by atoms with Crippen LogP contribution in [-0.2, 0) is 11.3 Å². The van der Waals surface area contributed by atoms with Crippen molar-refractivity contribution < 1.29 is 4.79 Å². The summed E-state index contributed by atoms with van der Waals surface area (Å²) < 4.78 is 0. The molecule has 4 rings (SSSR count). The Labute approximate surface area is 144 Å². The molecule has 3 aromatic rings. The number of amides is 1. The molecule has 0 saturated carbocycles. The summed E-state index contributed by atoms with van der Waals surface area (Å²) in [4.78, 5) is 17.1. The summed E-state index contributed by atoms with van der Waals surface area (Å²) in [6, 6.07) is 13.6. The number of aromatic nitrogens is 1. The average molecular weight is 338 g/mol. The number of hydrogen-bond acceptors (Lipinski definition) is 3. The van der Waals surface area contributed by atoms with Crippen molar-refractivity contribution in [3.8, 4) is 0 Å². The lowest BCUT2D eigenvalue weighted by molar-refractivity contribution is -0.117. The summed E-state index contributed by atoms with van der Waals surface area (Å²) in [6.45, 7) is 1.35. The zero-order valence-electron chi connectivity index (χ0n) is 12.9. The third-order valence-corrected chi connectivity index (χ3v) is 4.62. The topological polar surface area (TPSA) is 54.0 Å². The highest BCUT2D eigenvalue weighted by Gasteiger charge is 2.27. The van der Waals surface area contributed by atoms with Crippen LogP contribution in [0.5, 0.6) is 0 Å². The molecule has 1 aromatic heterocycles. The van der Waals surface area contributed by atoms with Crippen molar-refractivity contribution in [1.82, 2.24) is 10.3 Å². The zero-order valence-corrected chi connectivity index (χ0v) is 13.7. The molecular formula is C19H16ClN3O. The van der Waals surface area contributed by atoms with Gasteiger partial charge < -0.3 is 10.6 Å². The van der Waals surface area contributed by atoms with Gasteiger partial charge in [0.2, 0.25) is 5.91 Å². The molecule has 4 nitrogen and oxygen atoms in total. The number of halogens is 1. The predicted molar refractivity (Wildman–Crippen MR) is 96.3 cm³/mol. The van der Waals surface area contributed by atoms with Gasteiger partial charge in [-0.05, 0) is 23.3 Å². The summed E-state index contributed by atoms with van der Waals surface area (Å²) >= 11 is 6.12. The monoisotopic (exact) mass is 337 g/mol. The highest BCUT2D eigenvalue weighted by Crippen LogP contribution is 2.29. The van der Waals surface area contributed by atoms with Gasteiger partial charge in [0.25, 0.3) is 0 Å². The maximum atomic E-state index is 12.9. The van der Waals surface area contributed by atoms with E-state index in [2.05, 4.69) is 15.6 Å². The molecular weight excluding hydrogens is 322 g/mol. The number of carbonyl (C=O) groups excluding carboxylic acids is 1. The van der Waals surface area contributed by atoms with E-state index in [-0.39, 0.29) is 11.8 Å². The Balaban J connectivity index is 1.67. The maximum absolute atomic E-state index is 12.9. The number of hydrogen-bond donors (Lipinski definition) is 2. The van der Waals surface area contributed by atoms with Crippen LogP contribution in [0, 0.1) is 0 Å². The predicted octanol–water partition coefficient (Wildman–Crippen LogP) is 3.71. The van der Waals surface area contributed by atoms with E-state index in [1.165, 1.54) is 0 Å². The van der Waals surface area contributed by atoms with Gasteiger partial charge in [0.15, 0.2) is 0 Å². The van der Waals surface area contributed by atoms with Gasteiger partial charge >= 0.3 is 0 Å². The number of pyridine rings is 1. The summed E-state index contributed by atoms with van der Waals surface area (Å²) in [5.41, 5.74) is 2.83. The third kappa shape index (κ3) is 2.75. The first-order valence-electron chi connectivity index (χ1n) is 7.85. The van der Waals surface area contributed by atoms with Gasteiger partial charge in [-0.15, -0.1) is 0 Å². The Bertz CT molecular complexity index is 920. The summed E-state index contributed by atoms with van der Waals surface area (Å²) in [7, 11) is 0. The molecule has 2 N–H and O–H groups in total. The minimum Gasteiger partial charge on any atom is -0.324 e. The number of nitrogens with one attached hydrogen (secondary N) is 2. The summed E-state index contributed by atoms with van der Waals surface area (Å²) in [6.07, 6.45) is 3.48. The van der Waals surface area contributed by atoms with Crippen molar-refractivity contribution in [1.29, 1.82) is 0 Å². The van der Waals surface area contributed by atoms with E-state index in [1.54, 1.807) is 12.4 Å². The fourth-order valence-electron chi connectivity index (χ4n) is 3.18. The first-order chi connectivity index (χ1) is 11.7. The molecule has 1 unspecified atom stereocenters. The molecule has 1 amide bonds. The lowest BCUT2D eigenvalue weighted by Crippen LogP contribution is -2.35. The molecule has 2 aromatic carbocycles. The first-order valence-corrected chi connectivity index (χ1v) is 8.23. The van der Waals surface area contributed by atoms with E-state index in [0.717, 1.165) is 34.1 Å². The van der Waals surface area contributed by atoms with E-state index < -0.39 is 0 Å². The molecule has 1 aliphatic rings. The number of benzene rings is 2. The van der Waals surface area contributed by atoms with Gasteiger partial charge in [-0.2, -0.15) is 0 Å². The third-order valence-electron chi connectivity index (χ3n) is 4.39. The van der Waals surface area contributed by atoms with Crippen LogP contribution >= 0.6 is 11.6 Å². The molecule has 120 valence electrons. The van der Waals surface area contributed by atoms with Crippen LogP contribution in [0.15, 0.2) is 54.9 Å². The lowest BCUT2D eigenvalue weighted by Gasteiger charge is -2.26. The zero-order chi connectivity index (χ0) is 16.5. The Hall–Kier alpha value is -2.43. The van der Waals surface area contributed by atoms with Crippen molar-refractivity contribution in [2.75, 3.05) is 11.9 Å². The second-order valence-corrected chi connectivity index (χ2v) is 6.36. The lowest BCUT2D eigenvalue weighted by atomic mass is 9.90. The summed E-state index contributed by atoms with van der Waals surface area (Å²) in [5.74, 6) is -0.324. The molecule has 5 heteroatoms. The molecule has 24 heavy (non-hydrogen) atoms.